The van der Waals surface area contributed by atoms with Crippen LogP contribution in [-0.4, -0.2) is 35.8 Å². The third-order valence-corrected chi connectivity index (χ3v) is 2.12. The molecule has 0 bridgehead atoms. The molecule has 106 valence electrons. The van der Waals surface area contributed by atoms with Gasteiger partial charge in [0, 0.05) is 0 Å². The average Bonchev–Trinajstić information content (AvgIpc) is 2.11. The summed E-state index contributed by atoms with van der Waals surface area (Å²) in [7, 11) is 0. The number of hydrogen-bond acceptors (Lipinski definition) is 2. The second kappa shape index (κ2) is 3.27. The molecule has 1 saturated heterocycles. The molecular weight excluding hydrogens is 294 g/mol. The second-order valence-corrected chi connectivity index (χ2v) is 3.22. The molecule has 12 heteroatoms. The predicted molar refractivity (Wildman–Crippen MR) is 30.8 cm³/mol. The molecule has 0 saturated carbocycles. The van der Waals surface area contributed by atoms with Crippen molar-refractivity contribution in [2.24, 2.45) is 0 Å². The molecule has 0 unspecified atom stereocenters. The van der Waals surface area contributed by atoms with Crippen LogP contribution in [-0.2, 0) is 9.53 Å². The topological polar surface area (TPSA) is 26.3 Å². The van der Waals surface area contributed by atoms with E-state index in [9.17, 15) is 48.7 Å². The zero-order valence-electron chi connectivity index (χ0n) is 7.60. The van der Waals surface area contributed by atoms with Crippen LogP contribution < -0.4 is 0 Å². The van der Waals surface area contributed by atoms with Crippen molar-refractivity contribution in [3.8, 4) is 0 Å². The van der Waals surface area contributed by atoms with E-state index in [1.54, 1.807) is 0 Å². The highest BCUT2D eigenvalue weighted by Gasteiger charge is 2.95. The van der Waals surface area contributed by atoms with Crippen molar-refractivity contribution in [1.29, 1.82) is 0 Å². The van der Waals surface area contributed by atoms with Crippen LogP contribution in [0.5, 0.6) is 0 Å². The van der Waals surface area contributed by atoms with Crippen LogP contribution in [0, 0.1) is 0 Å². The Bertz CT molecular complexity index is 362. The maximum absolute atomic E-state index is 13.0. The molecular formula is C6F10O2. The molecule has 0 radical (unpaired) electrons. The number of alkyl halides is 9. The summed E-state index contributed by atoms with van der Waals surface area (Å²) in [5.41, 5.74) is -6.76. The Morgan fingerprint density at radius 2 is 1.00 bits per heavy atom. The van der Waals surface area contributed by atoms with E-state index in [-0.39, 0.29) is 0 Å². The Kier molecular flexibility index (Phi) is 2.73. The van der Waals surface area contributed by atoms with Gasteiger partial charge in [0.05, 0.1) is 0 Å². The van der Waals surface area contributed by atoms with Gasteiger partial charge in [-0.15, -0.1) is 0 Å². The van der Waals surface area contributed by atoms with Crippen molar-refractivity contribution in [2.45, 2.75) is 29.7 Å². The molecule has 0 atom stereocenters. The SMILES string of the molecule is O=C(F)C1(F)C(F)(F)C(F)(F)OC(F)(F)C1(F)F. The second-order valence-electron chi connectivity index (χ2n) is 3.22. The number of carbonyl (C=O) groups excluding carboxylic acids is 1. The van der Waals surface area contributed by atoms with Crippen molar-refractivity contribution in [3.63, 3.8) is 0 Å². The van der Waals surface area contributed by atoms with Gasteiger partial charge in [0.25, 0.3) is 0 Å². The van der Waals surface area contributed by atoms with Crippen LogP contribution in [0.15, 0.2) is 0 Å². The first kappa shape index (κ1) is 15.0. The average molecular weight is 294 g/mol. The lowest BCUT2D eigenvalue weighted by Gasteiger charge is -2.46. The standard InChI is InChI=1S/C6F10O2/c7-1(17)2(8)3(9,10)5(13,14)18-6(15,16)4(2,11)12. The minimum atomic E-state index is -6.84. The third-order valence-electron chi connectivity index (χ3n) is 2.12. The third kappa shape index (κ3) is 1.32. The number of carbonyl (C=O) groups is 1. The van der Waals surface area contributed by atoms with E-state index in [0.717, 1.165) is 0 Å². The first-order valence-corrected chi connectivity index (χ1v) is 3.75. The largest absolute Gasteiger partial charge is 0.428 e. The fourth-order valence-corrected chi connectivity index (χ4v) is 1.13. The minimum Gasteiger partial charge on any atom is -0.257 e. The highest BCUT2D eigenvalue weighted by molar-refractivity contribution is 5.82. The number of ether oxygens (including phenoxy) is 1. The van der Waals surface area contributed by atoms with Crippen LogP contribution >= 0.6 is 0 Å². The zero-order valence-corrected chi connectivity index (χ0v) is 7.60. The zero-order chi connectivity index (χ0) is 14.8. The smallest absolute Gasteiger partial charge is 0.257 e. The first-order valence-electron chi connectivity index (χ1n) is 3.75. The quantitative estimate of drug-likeness (QED) is 0.549. The van der Waals surface area contributed by atoms with Gasteiger partial charge >= 0.3 is 35.8 Å². The molecule has 1 fully saturated rings. The maximum Gasteiger partial charge on any atom is 0.428 e. The van der Waals surface area contributed by atoms with E-state index in [1.807, 2.05) is 4.74 Å². The lowest BCUT2D eigenvalue weighted by molar-refractivity contribution is -0.535. The summed E-state index contributed by atoms with van der Waals surface area (Å²) >= 11 is 0. The highest BCUT2D eigenvalue weighted by Crippen LogP contribution is 2.62. The van der Waals surface area contributed by atoms with Gasteiger partial charge < -0.3 is 0 Å². The number of halogens is 10. The molecule has 0 aromatic rings. The summed E-state index contributed by atoms with van der Waals surface area (Å²) in [6.45, 7) is 0. The number of rotatable bonds is 1. The van der Waals surface area contributed by atoms with E-state index in [2.05, 4.69) is 0 Å². The summed E-state index contributed by atoms with van der Waals surface area (Å²) < 4.78 is 126. The van der Waals surface area contributed by atoms with E-state index in [0.29, 0.717) is 0 Å². The van der Waals surface area contributed by atoms with Crippen LogP contribution in [0.2, 0.25) is 0 Å². The fraction of sp³-hybridized carbons (Fsp3) is 0.833. The summed E-state index contributed by atoms with van der Waals surface area (Å²) in [6.07, 6.45) is -13.0. The Balaban J connectivity index is 3.64. The molecule has 0 amide bonds. The molecule has 1 aliphatic rings. The van der Waals surface area contributed by atoms with Gasteiger partial charge in [0.1, 0.15) is 0 Å². The van der Waals surface area contributed by atoms with Crippen molar-refractivity contribution in [3.05, 3.63) is 0 Å². The normalized spacial score (nSPS) is 30.8. The first-order chi connectivity index (χ1) is 7.65. The van der Waals surface area contributed by atoms with Crippen LogP contribution in [0.1, 0.15) is 0 Å². The van der Waals surface area contributed by atoms with Crippen LogP contribution in [0.25, 0.3) is 0 Å². The van der Waals surface area contributed by atoms with Gasteiger partial charge in [0.15, 0.2) is 0 Å². The lowest BCUT2D eigenvalue weighted by Crippen LogP contribution is -2.78. The van der Waals surface area contributed by atoms with E-state index < -0.39 is 35.8 Å². The predicted octanol–water partition coefficient (Wildman–Crippen LogP) is 2.68. The lowest BCUT2D eigenvalue weighted by atomic mass is 9.86. The van der Waals surface area contributed by atoms with Crippen LogP contribution in [0.3, 0.4) is 0 Å². The molecule has 0 aliphatic carbocycles. The Hall–Kier alpha value is -1.07. The van der Waals surface area contributed by atoms with Gasteiger partial charge in [-0.25, -0.2) is 9.13 Å². The van der Waals surface area contributed by atoms with Crippen molar-refractivity contribution in [1.82, 2.24) is 0 Å². The molecule has 0 spiro atoms. The van der Waals surface area contributed by atoms with Crippen LogP contribution in [0.4, 0.5) is 43.9 Å². The van der Waals surface area contributed by atoms with Gasteiger partial charge in [-0.2, -0.15) is 39.5 Å². The van der Waals surface area contributed by atoms with Gasteiger partial charge in [-0.05, 0) is 0 Å². The van der Waals surface area contributed by atoms with E-state index >= 15 is 0 Å². The van der Waals surface area contributed by atoms with Crippen molar-refractivity contribution in [2.75, 3.05) is 0 Å². The molecule has 1 aliphatic heterocycles. The van der Waals surface area contributed by atoms with E-state index in [4.69, 9.17) is 0 Å². The summed E-state index contributed by atoms with van der Waals surface area (Å²) in [5, 5.41) is 0. The Morgan fingerprint density at radius 3 is 1.22 bits per heavy atom. The fourth-order valence-electron chi connectivity index (χ4n) is 1.13. The number of hydrogen-bond donors (Lipinski definition) is 0. The molecule has 2 nitrogen and oxygen atoms in total. The van der Waals surface area contributed by atoms with Gasteiger partial charge in [0.2, 0.25) is 0 Å². The van der Waals surface area contributed by atoms with Crippen molar-refractivity contribution >= 4 is 6.04 Å². The summed E-state index contributed by atoms with van der Waals surface area (Å²) in [6, 6.07) is -4.37. The Morgan fingerprint density at radius 1 is 0.722 bits per heavy atom. The highest BCUT2D eigenvalue weighted by atomic mass is 19.4. The molecule has 18 heavy (non-hydrogen) atoms. The maximum atomic E-state index is 13.0. The minimum absolute atomic E-state index is 1.81. The molecule has 0 aromatic carbocycles. The van der Waals surface area contributed by atoms with Crippen molar-refractivity contribution < 1.29 is 53.4 Å². The summed E-state index contributed by atoms with van der Waals surface area (Å²) in [4.78, 5) is 9.80. The molecule has 0 N–H and O–H groups in total. The van der Waals surface area contributed by atoms with Gasteiger partial charge in [-0.1, -0.05) is 0 Å². The van der Waals surface area contributed by atoms with Gasteiger partial charge in [-0.3, -0.25) is 4.79 Å². The monoisotopic (exact) mass is 294 g/mol. The molecule has 0 aromatic heterocycles. The molecule has 1 heterocycles. The molecule has 1 rings (SSSR count). The Labute approximate surface area is 90.5 Å². The van der Waals surface area contributed by atoms with E-state index in [1.165, 1.54) is 0 Å². The summed E-state index contributed by atoms with van der Waals surface area (Å²) in [5.74, 6) is -13.7.